The van der Waals surface area contributed by atoms with Crippen LogP contribution in [0.1, 0.15) is 41.0 Å². The van der Waals surface area contributed by atoms with E-state index in [4.69, 9.17) is 4.74 Å². The molecule has 1 unspecified atom stereocenters. The van der Waals surface area contributed by atoms with Gasteiger partial charge in [-0.2, -0.15) is 5.10 Å². The highest BCUT2D eigenvalue weighted by molar-refractivity contribution is 5.95. The van der Waals surface area contributed by atoms with E-state index in [-0.39, 0.29) is 24.5 Å². The van der Waals surface area contributed by atoms with Crippen molar-refractivity contribution in [2.24, 2.45) is 0 Å². The van der Waals surface area contributed by atoms with Crippen molar-refractivity contribution in [3.63, 3.8) is 0 Å². The number of ether oxygens (including phenoxy) is 1. The summed E-state index contributed by atoms with van der Waals surface area (Å²) in [4.78, 5) is 24.2. The monoisotopic (exact) mass is 373 g/mol. The van der Waals surface area contributed by atoms with Crippen LogP contribution >= 0.6 is 0 Å². The van der Waals surface area contributed by atoms with Crippen molar-refractivity contribution in [3.8, 4) is 5.69 Å². The van der Waals surface area contributed by atoms with Gasteiger partial charge >= 0.3 is 5.97 Å². The third kappa shape index (κ3) is 3.32. The lowest BCUT2D eigenvalue weighted by atomic mass is 9.94. The number of nitrogens with one attached hydrogen (secondary N) is 1. The average molecular weight is 373 g/mol. The lowest BCUT2D eigenvalue weighted by molar-refractivity contribution is -0.138. The first-order valence-electron chi connectivity index (χ1n) is 8.96. The molecular weight excluding hydrogens is 353 g/mol. The number of aliphatic carboxylic acids is 1. The number of carboxylic acid groups (broad SMARTS) is 1. The molecule has 8 heteroatoms. The minimum absolute atomic E-state index is 0.165. The maximum absolute atomic E-state index is 13.6. The number of benzene rings is 1. The van der Waals surface area contributed by atoms with Gasteiger partial charge in [0.15, 0.2) is 5.69 Å². The molecule has 2 heterocycles. The third-order valence-corrected chi connectivity index (χ3v) is 5.17. The molecule has 27 heavy (non-hydrogen) atoms. The van der Waals surface area contributed by atoms with Crippen LogP contribution in [0.3, 0.4) is 0 Å². The van der Waals surface area contributed by atoms with Gasteiger partial charge < -0.3 is 15.2 Å². The van der Waals surface area contributed by atoms with Crippen molar-refractivity contribution in [1.29, 1.82) is 0 Å². The highest BCUT2D eigenvalue weighted by atomic mass is 19.1. The molecule has 1 aromatic heterocycles. The van der Waals surface area contributed by atoms with Crippen LogP contribution in [0.25, 0.3) is 5.69 Å². The summed E-state index contributed by atoms with van der Waals surface area (Å²) in [7, 11) is 0. The number of nitrogens with zero attached hydrogens (tertiary/aromatic N) is 2. The van der Waals surface area contributed by atoms with Crippen molar-refractivity contribution < 1.29 is 23.8 Å². The Hall–Kier alpha value is -2.74. The van der Waals surface area contributed by atoms with E-state index in [2.05, 4.69) is 10.4 Å². The predicted octanol–water partition coefficient (Wildman–Crippen LogP) is 1.86. The van der Waals surface area contributed by atoms with Crippen LogP contribution in [0.4, 0.5) is 4.39 Å². The fourth-order valence-corrected chi connectivity index (χ4v) is 3.92. The first-order valence-corrected chi connectivity index (χ1v) is 8.96. The maximum atomic E-state index is 13.6. The number of carboxylic acids is 1. The van der Waals surface area contributed by atoms with E-state index in [0.717, 1.165) is 30.5 Å². The van der Waals surface area contributed by atoms with E-state index in [0.29, 0.717) is 18.7 Å². The lowest BCUT2D eigenvalue weighted by Gasteiger charge is -2.26. The zero-order valence-electron chi connectivity index (χ0n) is 14.7. The quantitative estimate of drug-likeness (QED) is 0.835. The van der Waals surface area contributed by atoms with E-state index in [1.54, 1.807) is 16.8 Å². The molecule has 2 N–H and O–H groups in total. The Kier molecular flexibility index (Phi) is 4.43. The average Bonchev–Trinajstić information content (AvgIpc) is 3.30. The first-order chi connectivity index (χ1) is 13.0. The molecule has 142 valence electrons. The van der Waals surface area contributed by atoms with Gasteiger partial charge in [0.2, 0.25) is 0 Å². The summed E-state index contributed by atoms with van der Waals surface area (Å²) in [6.45, 7) is 0.571. The summed E-state index contributed by atoms with van der Waals surface area (Å²) in [6.07, 6.45) is 2.61. The van der Waals surface area contributed by atoms with Crippen LogP contribution in [-0.2, 0) is 22.4 Å². The summed E-state index contributed by atoms with van der Waals surface area (Å²) < 4.78 is 20.6. The van der Waals surface area contributed by atoms with Gasteiger partial charge in [-0.15, -0.1) is 0 Å². The lowest BCUT2D eigenvalue weighted by Crippen LogP contribution is -2.50. The Bertz CT molecular complexity index is 902. The fraction of sp³-hybridized carbons (Fsp3) is 0.421. The van der Waals surface area contributed by atoms with Gasteiger partial charge in [0.1, 0.15) is 5.82 Å². The maximum Gasteiger partial charge on any atom is 0.305 e. The summed E-state index contributed by atoms with van der Waals surface area (Å²) in [5, 5.41) is 16.5. The van der Waals surface area contributed by atoms with E-state index >= 15 is 0 Å². The Morgan fingerprint density at radius 1 is 1.37 bits per heavy atom. The number of rotatable bonds is 5. The van der Waals surface area contributed by atoms with Gasteiger partial charge in [0, 0.05) is 17.9 Å². The molecule has 1 aliphatic heterocycles. The predicted molar refractivity (Wildman–Crippen MR) is 93.4 cm³/mol. The van der Waals surface area contributed by atoms with E-state index < -0.39 is 17.4 Å². The van der Waals surface area contributed by atoms with E-state index in [9.17, 15) is 19.1 Å². The fourth-order valence-electron chi connectivity index (χ4n) is 3.92. The SMILES string of the molecule is O=C(O)CC1(NC(=O)c2nn(-c3cccc(F)c3)c3c2CCC3)CCOC1. The first kappa shape index (κ1) is 17.7. The molecule has 4 rings (SSSR count). The molecular formula is C19H20FN3O4. The van der Waals surface area contributed by atoms with Crippen LogP contribution in [-0.4, -0.2) is 45.5 Å². The van der Waals surface area contributed by atoms with Gasteiger partial charge in [0.05, 0.1) is 24.3 Å². The number of halogens is 1. The van der Waals surface area contributed by atoms with Crippen molar-refractivity contribution in [2.45, 2.75) is 37.6 Å². The number of amides is 1. The Labute approximate surface area is 155 Å². The van der Waals surface area contributed by atoms with E-state index in [1.165, 1.54) is 12.1 Å². The molecule has 1 aromatic carbocycles. The molecule has 0 radical (unpaired) electrons. The van der Waals surface area contributed by atoms with Gasteiger partial charge in [-0.25, -0.2) is 9.07 Å². The Morgan fingerprint density at radius 2 is 2.22 bits per heavy atom. The van der Waals surface area contributed by atoms with Gasteiger partial charge in [-0.05, 0) is 43.9 Å². The Balaban J connectivity index is 1.67. The van der Waals surface area contributed by atoms with Crippen LogP contribution in [0, 0.1) is 5.82 Å². The molecule has 2 aliphatic rings. The normalized spacial score (nSPS) is 21.2. The van der Waals surface area contributed by atoms with Crippen molar-refractivity contribution in [3.05, 3.63) is 47.0 Å². The molecule has 0 saturated carbocycles. The number of carbonyl (C=O) groups excluding carboxylic acids is 1. The van der Waals surface area contributed by atoms with Crippen LogP contribution in [0.15, 0.2) is 24.3 Å². The molecule has 1 saturated heterocycles. The molecule has 1 amide bonds. The molecule has 1 aliphatic carbocycles. The summed E-state index contributed by atoms with van der Waals surface area (Å²) >= 11 is 0. The van der Waals surface area contributed by atoms with Crippen molar-refractivity contribution >= 4 is 11.9 Å². The highest BCUT2D eigenvalue weighted by Crippen LogP contribution is 2.29. The topological polar surface area (TPSA) is 93.5 Å². The summed E-state index contributed by atoms with van der Waals surface area (Å²) in [5.41, 5.74) is 1.68. The largest absolute Gasteiger partial charge is 0.481 e. The van der Waals surface area contributed by atoms with Crippen molar-refractivity contribution in [1.82, 2.24) is 15.1 Å². The summed E-state index contributed by atoms with van der Waals surface area (Å²) in [6, 6.07) is 6.08. The highest BCUT2D eigenvalue weighted by Gasteiger charge is 2.40. The minimum Gasteiger partial charge on any atom is -0.481 e. The van der Waals surface area contributed by atoms with Crippen LogP contribution < -0.4 is 5.32 Å². The Morgan fingerprint density at radius 3 is 2.93 bits per heavy atom. The second kappa shape index (κ2) is 6.77. The minimum atomic E-state index is -0.990. The van der Waals surface area contributed by atoms with Gasteiger partial charge in [0.25, 0.3) is 5.91 Å². The standard InChI is InChI=1S/C19H20FN3O4/c20-12-3-1-4-13(9-12)23-15-6-2-5-14(15)17(22-23)18(26)21-19(10-16(24)25)7-8-27-11-19/h1,3-4,9H,2,5-8,10-11H2,(H,21,26)(H,24,25). The molecule has 1 atom stereocenters. The van der Waals surface area contributed by atoms with E-state index in [1.807, 2.05) is 0 Å². The van der Waals surface area contributed by atoms with Crippen LogP contribution in [0.2, 0.25) is 0 Å². The molecule has 0 bridgehead atoms. The van der Waals surface area contributed by atoms with Crippen molar-refractivity contribution in [2.75, 3.05) is 13.2 Å². The second-order valence-corrected chi connectivity index (χ2v) is 7.13. The molecule has 2 aromatic rings. The third-order valence-electron chi connectivity index (χ3n) is 5.17. The molecule has 1 fully saturated rings. The second-order valence-electron chi connectivity index (χ2n) is 7.13. The number of hydrogen-bond donors (Lipinski definition) is 2. The number of fused-ring (bicyclic) bond motifs is 1. The smallest absolute Gasteiger partial charge is 0.305 e. The zero-order valence-corrected chi connectivity index (χ0v) is 14.7. The number of aromatic nitrogens is 2. The van der Waals surface area contributed by atoms with Crippen LogP contribution in [0.5, 0.6) is 0 Å². The zero-order chi connectivity index (χ0) is 19.0. The molecule has 7 nitrogen and oxygen atoms in total. The number of hydrogen-bond acceptors (Lipinski definition) is 4. The number of carbonyl (C=O) groups is 2. The summed E-state index contributed by atoms with van der Waals surface area (Å²) in [5.74, 6) is -1.77. The van der Waals surface area contributed by atoms with Gasteiger partial charge in [-0.1, -0.05) is 6.07 Å². The van der Waals surface area contributed by atoms with Gasteiger partial charge in [-0.3, -0.25) is 9.59 Å². The molecule has 0 spiro atoms.